The number of nitrogens with zero attached hydrogens (tertiary/aromatic N) is 3. The average molecular weight is 350 g/mol. The first-order valence-corrected chi connectivity index (χ1v) is 7.83. The van der Waals surface area contributed by atoms with Gasteiger partial charge in [-0.1, -0.05) is 0 Å². The van der Waals surface area contributed by atoms with Crippen LogP contribution in [0.15, 0.2) is 34.1 Å². The van der Waals surface area contributed by atoms with E-state index in [9.17, 15) is 14.9 Å². The van der Waals surface area contributed by atoms with Crippen molar-refractivity contribution in [1.82, 2.24) is 20.4 Å². The molecule has 0 spiro atoms. The number of aliphatic imine (C=N–C) groups is 1. The third kappa shape index (κ3) is 2.37. The second kappa shape index (κ2) is 5.66. The molecule has 4 rings (SSSR count). The summed E-state index contributed by atoms with van der Waals surface area (Å²) in [6.45, 7) is 3.33. The van der Waals surface area contributed by atoms with Gasteiger partial charge in [0.15, 0.2) is 0 Å². The number of hydrogen-bond acceptors (Lipinski definition) is 5. The summed E-state index contributed by atoms with van der Waals surface area (Å²) in [6, 6.07) is 6.86. The first-order valence-electron chi connectivity index (χ1n) is 7.83. The van der Waals surface area contributed by atoms with Crippen molar-refractivity contribution in [3.05, 3.63) is 61.4 Å². The van der Waals surface area contributed by atoms with Crippen LogP contribution in [0.1, 0.15) is 16.7 Å². The van der Waals surface area contributed by atoms with Crippen molar-refractivity contribution < 1.29 is 4.92 Å². The van der Waals surface area contributed by atoms with Gasteiger partial charge in [-0.15, -0.1) is 0 Å². The number of hydrogen-bond donors (Lipinski definition) is 3. The summed E-state index contributed by atoms with van der Waals surface area (Å²) in [6.07, 6.45) is 1.47. The standard InChI is InChI=1S/C17H14N6O3/c1-8-5-10(6-9(2)16(8)23(25)26)18-7-11-14-12(19-17(11)24)3-4-13-15(14)21-22-20-13/h3-7,20,22H,1-2H3,(H,19,24). The minimum Gasteiger partial charge on any atom is -0.321 e. The maximum Gasteiger partial charge on any atom is 0.275 e. The molecule has 4 aromatic rings. The molecule has 0 bridgehead atoms. The maximum atomic E-state index is 12.3. The monoisotopic (exact) mass is 350 g/mol. The molecule has 0 radical (unpaired) electrons. The van der Waals surface area contributed by atoms with Crippen LogP contribution in [-0.4, -0.2) is 31.5 Å². The lowest BCUT2D eigenvalue weighted by atomic mass is 10.1. The highest BCUT2D eigenvalue weighted by Crippen LogP contribution is 2.28. The van der Waals surface area contributed by atoms with Crippen LogP contribution in [0.5, 0.6) is 0 Å². The molecule has 2 heterocycles. The van der Waals surface area contributed by atoms with Gasteiger partial charge in [0, 0.05) is 22.7 Å². The Labute approximate surface area is 145 Å². The number of nitrogens with one attached hydrogen (secondary N) is 3. The molecule has 3 N–H and O–H groups in total. The molecule has 130 valence electrons. The number of aryl methyl sites for hydroxylation is 2. The zero-order valence-electron chi connectivity index (χ0n) is 14.0. The zero-order valence-corrected chi connectivity index (χ0v) is 14.0. The van der Waals surface area contributed by atoms with Crippen LogP contribution < -0.4 is 5.56 Å². The normalized spacial score (nSPS) is 11.8. The highest BCUT2D eigenvalue weighted by Gasteiger charge is 2.16. The van der Waals surface area contributed by atoms with E-state index in [1.54, 1.807) is 32.0 Å². The number of H-pyrrole nitrogens is 3. The van der Waals surface area contributed by atoms with Crippen LogP contribution in [0.2, 0.25) is 0 Å². The topological polar surface area (TPSA) is 133 Å². The van der Waals surface area contributed by atoms with E-state index in [1.807, 2.05) is 6.07 Å². The summed E-state index contributed by atoms with van der Waals surface area (Å²) in [5.41, 5.74) is 3.86. The zero-order chi connectivity index (χ0) is 18.4. The van der Waals surface area contributed by atoms with Crippen LogP contribution in [0.4, 0.5) is 11.4 Å². The molecule has 0 aliphatic carbocycles. The number of nitro groups is 1. The van der Waals surface area contributed by atoms with E-state index >= 15 is 0 Å². The Kier molecular flexibility index (Phi) is 3.43. The van der Waals surface area contributed by atoms with E-state index in [1.165, 1.54) is 6.21 Å². The Morgan fingerprint density at radius 3 is 2.58 bits per heavy atom. The number of aromatic amines is 3. The quantitative estimate of drug-likeness (QED) is 0.297. The highest BCUT2D eigenvalue weighted by molar-refractivity contribution is 6.11. The van der Waals surface area contributed by atoms with Crippen LogP contribution in [0.3, 0.4) is 0 Å². The Bertz CT molecular complexity index is 1240. The molecule has 0 saturated heterocycles. The van der Waals surface area contributed by atoms with E-state index < -0.39 is 4.92 Å². The summed E-state index contributed by atoms with van der Waals surface area (Å²) >= 11 is 0. The SMILES string of the molecule is Cc1cc(N=Cc2c(=O)[nH]c3ccc4[nH][nH]nc4c23)cc(C)c1[N+](=O)[O-]. The smallest absolute Gasteiger partial charge is 0.275 e. The lowest BCUT2D eigenvalue weighted by molar-refractivity contribution is -0.386. The van der Waals surface area contributed by atoms with Gasteiger partial charge in [0.2, 0.25) is 0 Å². The molecule has 2 aromatic heterocycles. The Morgan fingerprint density at radius 1 is 1.19 bits per heavy atom. The highest BCUT2D eigenvalue weighted by atomic mass is 16.6. The maximum absolute atomic E-state index is 12.3. The summed E-state index contributed by atoms with van der Waals surface area (Å²) < 4.78 is 0. The molecule has 26 heavy (non-hydrogen) atoms. The van der Waals surface area contributed by atoms with E-state index in [-0.39, 0.29) is 11.2 Å². The van der Waals surface area contributed by atoms with Gasteiger partial charge in [-0.3, -0.25) is 25.0 Å². The van der Waals surface area contributed by atoms with Crippen molar-refractivity contribution in [2.45, 2.75) is 13.8 Å². The first kappa shape index (κ1) is 15.8. The Hall–Kier alpha value is -3.75. The molecule has 2 aromatic carbocycles. The van der Waals surface area contributed by atoms with Crippen LogP contribution >= 0.6 is 0 Å². The minimum absolute atomic E-state index is 0.0781. The van der Waals surface area contributed by atoms with Gasteiger partial charge in [-0.25, -0.2) is 5.21 Å². The molecule has 9 heteroatoms. The minimum atomic E-state index is -0.404. The van der Waals surface area contributed by atoms with Crippen molar-refractivity contribution in [3.8, 4) is 0 Å². The first-order chi connectivity index (χ1) is 12.5. The fraction of sp³-hybridized carbons (Fsp3) is 0.118. The molecule has 0 aliphatic rings. The van der Waals surface area contributed by atoms with Gasteiger partial charge in [0.25, 0.3) is 11.2 Å². The molecule has 0 amide bonds. The number of benzene rings is 2. The number of fused-ring (bicyclic) bond motifs is 3. The second-order valence-electron chi connectivity index (χ2n) is 6.04. The number of nitro benzene ring substituents is 1. The Balaban J connectivity index is 1.85. The predicted octanol–water partition coefficient (Wildman–Crippen LogP) is 3.01. The fourth-order valence-electron chi connectivity index (χ4n) is 3.19. The van der Waals surface area contributed by atoms with Crippen LogP contribution in [0, 0.1) is 24.0 Å². The molecule has 0 unspecified atom stereocenters. The summed E-state index contributed by atoms with van der Waals surface area (Å²) in [5.74, 6) is 0. The van der Waals surface area contributed by atoms with Crippen molar-refractivity contribution in [3.63, 3.8) is 0 Å². The van der Waals surface area contributed by atoms with Gasteiger partial charge in [-0.05, 0) is 38.1 Å². The molecular weight excluding hydrogens is 336 g/mol. The summed E-state index contributed by atoms with van der Waals surface area (Å²) in [4.78, 5) is 30.2. The lowest BCUT2D eigenvalue weighted by Crippen LogP contribution is -2.04. The third-order valence-electron chi connectivity index (χ3n) is 4.30. The van der Waals surface area contributed by atoms with Gasteiger partial charge < -0.3 is 4.98 Å². The summed E-state index contributed by atoms with van der Waals surface area (Å²) in [7, 11) is 0. The van der Waals surface area contributed by atoms with Crippen molar-refractivity contribution in [2.75, 3.05) is 0 Å². The van der Waals surface area contributed by atoms with Crippen molar-refractivity contribution >= 4 is 39.5 Å². The van der Waals surface area contributed by atoms with Crippen LogP contribution in [0.25, 0.3) is 21.9 Å². The van der Waals surface area contributed by atoms with E-state index in [0.29, 0.717) is 38.8 Å². The van der Waals surface area contributed by atoms with Crippen molar-refractivity contribution in [2.24, 2.45) is 4.99 Å². The third-order valence-corrected chi connectivity index (χ3v) is 4.30. The Morgan fingerprint density at radius 2 is 1.88 bits per heavy atom. The van der Waals surface area contributed by atoms with Gasteiger partial charge in [0.05, 0.1) is 27.2 Å². The van der Waals surface area contributed by atoms with Gasteiger partial charge in [0.1, 0.15) is 5.52 Å². The fourth-order valence-corrected chi connectivity index (χ4v) is 3.19. The van der Waals surface area contributed by atoms with Crippen molar-refractivity contribution in [1.29, 1.82) is 0 Å². The van der Waals surface area contributed by atoms with Crippen LogP contribution in [-0.2, 0) is 0 Å². The molecule has 0 saturated carbocycles. The summed E-state index contributed by atoms with van der Waals surface area (Å²) in [5, 5.41) is 21.5. The van der Waals surface area contributed by atoms with E-state index in [0.717, 1.165) is 5.52 Å². The van der Waals surface area contributed by atoms with Gasteiger partial charge in [-0.2, -0.15) is 5.10 Å². The van der Waals surface area contributed by atoms with E-state index in [4.69, 9.17) is 0 Å². The predicted molar refractivity (Wildman–Crippen MR) is 98.4 cm³/mol. The molecule has 0 fully saturated rings. The average Bonchev–Trinajstić information content (AvgIpc) is 3.15. The number of rotatable bonds is 3. The van der Waals surface area contributed by atoms with E-state index in [2.05, 4.69) is 25.4 Å². The lowest BCUT2D eigenvalue weighted by Gasteiger charge is -2.02. The second-order valence-corrected chi connectivity index (χ2v) is 6.04. The largest absolute Gasteiger partial charge is 0.321 e. The molecule has 0 atom stereocenters. The number of aromatic nitrogens is 4. The molecule has 0 aliphatic heterocycles. The molecule has 9 nitrogen and oxygen atoms in total. The van der Waals surface area contributed by atoms with Gasteiger partial charge >= 0.3 is 0 Å². The molecular formula is C17H14N6O3.